The Balaban J connectivity index is 1.04. The first kappa shape index (κ1) is 48.0. The highest BCUT2D eigenvalue weighted by Crippen LogP contribution is 2.46. The van der Waals surface area contributed by atoms with Crippen LogP contribution in [0.3, 0.4) is 0 Å². The summed E-state index contributed by atoms with van der Waals surface area (Å²) in [6, 6.07) is 81.7. The molecule has 10 aromatic carbocycles. The Bertz CT molecular complexity index is 3130. The molecule has 0 radical (unpaired) electrons. The zero-order chi connectivity index (χ0) is 50.7. The predicted octanol–water partition coefficient (Wildman–Crippen LogP) is 16.6. The Morgan fingerprint density at radius 3 is 0.781 bits per heavy atom. The van der Waals surface area contributed by atoms with Gasteiger partial charge in [-0.15, -0.1) is 0 Å². The standard InChI is InChI=1S/C69H60O4/c1-67(2,53-29-17-19-47(39-53)45-68(3,55-31-35-63(70)59(41-55)49-21-9-5-10-22-49)56-32-36-64(71)60(42-56)50-23-11-6-12-24-50)54-30-18-20-48(40-54)46-69(4,57-33-37-65(72)61(43-57)51-25-13-7-14-26-51)58-34-38-66(73)62(44-58)52-27-15-8-16-28-52/h5-44,70-73H,45-46H2,1-4H3. The van der Waals surface area contributed by atoms with Gasteiger partial charge in [-0.1, -0.05) is 222 Å². The van der Waals surface area contributed by atoms with Gasteiger partial charge in [0.25, 0.3) is 0 Å². The normalized spacial score (nSPS) is 11.9. The van der Waals surface area contributed by atoms with Crippen molar-refractivity contribution < 1.29 is 20.4 Å². The summed E-state index contributed by atoms with van der Waals surface area (Å²) in [5.74, 6) is 0.886. The molecule has 0 saturated carbocycles. The van der Waals surface area contributed by atoms with E-state index in [1.165, 1.54) is 11.1 Å². The second-order valence-electron chi connectivity index (χ2n) is 20.4. The smallest absolute Gasteiger partial charge is 0.123 e. The second kappa shape index (κ2) is 19.9. The van der Waals surface area contributed by atoms with Gasteiger partial charge in [-0.25, -0.2) is 0 Å². The lowest BCUT2D eigenvalue weighted by molar-refractivity contribution is 0.474. The summed E-state index contributed by atoms with van der Waals surface area (Å²) in [6.07, 6.45) is 1.28. The Labute approximate surface area is 429 Å². The maximum absolute atomic E-state index is 11.3. The molecule has 0 amide bonds. The van der Waals surface area contributed by atoms with Gasteiger partial charge in [0, 0.05) is 38.5 Å². The molecule has 0 bridgehead atoms. The lowest BCUT2D eigenvalue weighted by Crippen LogP contribution is -2.28. The van der Waals surface area contributed by atoms with Crippen LogP contribution in [0, 0.1) is 0 Å². The largest absolute Gasteiger partial charge is 0.507 e. The molecule has 0 aliphatic heterocycles. The number of hydrogen-bond donors (Lipinski definition) is 4. The molecule has 360 valence electrons. The maximum atomic E-state index is 11.3. The quantitative estimate of drug-likeness (QED) is 0.0875. The molecule has 0 saturated heterocycles. The molecule has 0 atom stereocenters. The molecule has 10 aromatic rings. The summed E-state index contributed by atoms with van der Waals surface area (Å²) in [4.78, 5) is 0. The summed E-state index contributed by atoms with van der Waals surface area (Å²) in [5, 5.41) is 45.0. The maximum Gasteiger partial charge on any atom is 0.123 e. The van der Waals surface area contributed by atoms with E-state index in [1.807, 2.05) is 146 Å². The lowest BCUT2D eigenvalue weighted by atomic mass is 9.69. The highest BCUT2D eigenvalue weighted by molar-refractivity contribution is 5.76. The number of rotatable bonds is 14. The van der Waals surface area contributed by atoms with Crippen LogP contribution >= 0.6 is 0 Å². The predicted molar refractivity (Wildman–Crippen MR) is 299 cm³/mol. The molecule has 10 rings (SSSR count). The molecule has 73 heavy (non-hydrogen) atoms. The van der Waals surface area contributed by atoms with E-state index >= 15 is 0 Å². The van der Waals surface area contributed by atoms with Crippen LogP contribution < -0.4 is 0 Å². The van der Waals surface area contributed by atoms with Gasteiger partial charge in [0.1, 0.15) is 23.0 Å². The first-order chi connectivity index (χ1) is 35.3. The third kappa shape index (κ3) is 9.65. The van der Waals surface area contributed by atoms with Crippen LogP contribution in [0.25, 0.3) is 44.5 Å². The highest BCUT2D eigenvalue weighted by Gasteiger charge is 2.34. The SMILES string of the molecule is CC(C)(c1cccc(CC(C)(c2ccc(O)c(-c3ccccc3)c2)c2ccc(O)c(-c3ccccc3)c2)c1)c1cccc(CC(C)(c2ccc(O)c(-c3ccccc3)c2)c2ccc(O)c(-c3ccccc3)c2)c1. The van der Waals surface area contributed by atoms with Crippen LogP contribution in [-0.2, 0) is 29.1 Å². The van der Waals surface area contributed by atoms with Crippen LogP contribution in [0.15, 0.2) is 243 Å². The van der Waals surface area contributed by atoms with Gasteiger partial charge < -0.3 is 20.4 Å². The molecule has 4 N–H and O–H groups in total. The van der Waals surface area contributed by atoms with Crippen molar-refractivity contribution in [3.8, 4) is 67.5 Å². The van der Waals surface area contributed by atoms with E-state index in [0.29, 0.717) is 12.8 Å². The van der Waals surface area contributed by atoms with Crippen LogP contribution in [0.4, 0.5) is 0 Å². The van der Waals surface area contributed by atoms with Gasteiger partial charge in [0.2, 0.25) is 0 Å². The number of phenolic OH excluding ortho intramolecular Hbond substituents is 4. The minimum atomic E-state index is -0.592. The highest BCUT2D eigenvalue weighted by atomic mass is 16.3. The fourth-order valence-corrected chi connectivity index (χ4v) is 10.8. The van der Waals surface area contributed by atoms with Crippen molar-refractivity contribution in [2.75, 3.05) is 0 Å². The first-order valence-electron chi connectivity index (χ1n) is 25.0. The molecular formula is C69H60O4. The van der Waals surface area contributed by atoms with Crippen LogP contribution in [-0.4, -0.2) is 20.4 Å². The average Bonchev–Trinajstić information content (AvgIpc) is 3.42. The van der Waals surface area contributed by atoms with Gasteiger partial charge in [-0.05, 0) is 128 Å². The monoisotopic (exact) mass is 952 g/mol. The molecule has 0 spiro atoms. The lowest BCUT2D eigenvalue weighted by Gasteiger charge is -2.34. The Hall–Kier alpha value is -8.60. The first-order valence-corrected chi connectivity index (χ1v) is 25.0. The molecule has 0 unspecified atom stereocenters. The molecular weight excluding hydrogens is 893 g/mol. The minimum absolute atomic E-state index is 0.222. The minimum Gasteiger partial charge on any atom is -0.507 e. The van der Waals surface area contributed by atoms with Crippen molar-refractivity contribution in [2.45, 2.75) is 56.8 Å². The molecule has 0 heterocycles. The number of phenols is 4. The summed E-state index contributed by atoms with van der Waals surface area (Å²) < 4.78 is 0. The number of aromatic hydroxyl groups is 4. The van der Waals surface area contributed by atoms with Crippen molar-refractivity contribution in [3.05, 3.63) is 287 Å². The third-order valence-electron chi connectivity index (χ3n) is 15.3. The van der Waals surface area contributed by atoms with E-state index in [4.69, 9.17) is 0 Å². The van der Waals surface area contributed by atoms with E-state index in [9.17, 15) is 20.4 Å². The summed E-state index contributed by atoms with van der Waals surface area (Å²) in [7, 11) is 0. The topological polar surface area (TPSA) is 80.9 Å². The fourth-order valence-electron chi connectivity index (χ4n) is 10.8. The molecule has 0 aliphatic rings. The van der Waals surface area contributed by atoms with E-state index in [0.717, 1.165) is 77.9 Å². The van der Waals surface area contributed by atoms with Crippen LogP contribution in [0.1, 0.15) is 72.2 Å². The van der Waals surface area contributed by atoms with Crippen molar-refractivity contribution in [3.63, 3.8) is 0 Å². The van der Waals surface area contributed by atoms with E-state index in [2.05, 4.69) is 100 Å². The van der Waals surface area contributed by atoms with E-state index in [-0.39, 0.29) is 23.0 Å². The summed E-state index contributed by atoms with van der Waals surface area (Å²) in [6.45, 7) is 9.11. The Kier molecular flexibility index (Phi) is 13.1. The van der Waals surface area contributed by atoms with Crippen molar-refractivity contribution >= 4 is 0 Å². The Morgan fingerprint density at radius 1 is 0.260 bits per heavy atom. The van der Waals surface area contributed by atoms with Crippen LogP contribution in [0.5, 0.6) is 23.0 Å². The summed E-state index contributed by atoms with van der Waals surface area (Å²) >= 11 is 0. The number of hydrogen-bond acceptors (Lipinski definition) is 4. The van der Waals surface area contributed by atoms with Crippen molar-refractivity contribution in [1.29, 1.82) is 0 Å². The van der Waals surface area contributed by atoms with Gasteiger partial charge >= 0.3 is 0 Å². The second-order valence-corrected chi connectivity index (χ2v) is 20.4. The molecule has 0 fully saturated rings. The Morgan fingerprint density at radius 2 is 0.521 bits per heavy atom. The molecule has 4 heteroatoms. The van der Waals surface area contributed by atoms with E-state index in [1.54, 1.807) is 24.3 Å². The molecule has 4 nitrogen and oxygen atoms in total. The van der Waals surface area contributed by atoms with Gasteiger partial charge in [-0.2, -0.15) is 0 Å². The van der Waals surface area contributed by atoms with Gasteiger partial charge in [0.15, 0.2) is 0 Å². The zero-order valence-corrected chi connectivity index (χ0v) is 41.8. The van der Waals surface area contributed by atoms with Crippen LogP contribution in [0.2, 0.25) is 0 Å². The molecule has 0 aromatic heterocycles. The third-order valence-corrected chi connectivity index (χ3v) is 15.3. The molecule has 0 aliphatic carbocycles. The fraction of sp³-hybridized carbons (Fsp3) is 0.130. The average molecular weight is 953 g/mol. The summed E-state index contributed by atoms with van der Waals surface area (Å²) in [5.41, 5.74) is 14.1. The van der Waals surface area contributed by atoms with Crippen molar-refractivity contribution in [1.82, 2.24) is 0 Å². The van der Waals surface area contributed by atoms with Crippen molar-refractivity contribution in [2.24, 2.45) is 0 Å². The van der Waals surface area contributed by atoms with E-state index < -0.39 is 16.2 Å². The zero-order valence-electron chi connectivity index (χ0n) is 41.8. The van der Waals surface area contributed by atoms with Gasteiger partial charge in [-0.3, -0.25) is 0 Å². The van der Waals surface area contributed by atoms with Gasteiger partial charge in [0.05, 0.1) is 0 Å². The number of benzene rings is 10.